The van der Waals surface area contributed by atoms with E-state index in [2.05, 4.69) is 60.9 Å². The van der Waals surface area contributed by atoms with Crippen LogP contribution in [0.4, 0.5) is 0 Å². The Morgan fingerprint density at radius 3 is 2.28 bits per heavy atom. The summed E-state index contributed by atoms with van der Waals surface area (Å²) in [6.45, 7) is 12.0. The maximum absolute atomic E-state index is 14.2. The molecule has 2 aromatic heterocycles. The zero-order valence-electron chi connectivity index (χ0n) is 26.9. The molecule has 0 saturated carbocycles. The lowest BCUT2D eigenvalue weighted by molar-refractivity contribution is -0.143. The summed E-state index contributed by atoms with van der Waals surface area (Å²) < 4.78 is 15.6. The Bertz CT molecular complexity index is 2120. The number of rotatable bonds is 8. The molecule has 0 spiro atoms. The molecule has 0 fully saturated rings. The van der Waals surface area contributed by atoms with Gasteiger partial charge in [-0.3, -0.25) is 9.36 Å². The van der Waals surface area contributed by atoms with E-state index in [9.17, 15) is 9.59 Å². The van der Waals surface area contributed by atoms with Crippen molar-refractivity contribution >= 4 is 23.4 Å². The van der Waals surface area contributed by atoms with Gasteiger partial charge in [0.2, 0.25) is 0 Å². The van der Waals surface area contributed by atoms with Gasteiger partial charge in [0.1, 0.15) is 5.75 Å². The first-order chi connectivity index (χ1) is 22.2. The van der Waals surface area contributed by atoms with E-state index in [1.807, 2.05) is 69.3 Å². The van der Waals surface area contributed by atoms with Crippen LogP contribution in [-0.2, 0) is 9.53 Å². The summed E-state index contributed by atoms with van der Waals surface area (Å²) >= 11 is 1.33. The van der Waals surface area contributed by atoms with Gasteiger partial charge in [0.05, 0.1) is 34.6 Å². The van der Waals surface area contributed by atoms with Gasteiger partial charge in [-0.25, -0.2) is 9.79 Å². The Morgan fingerprint density at radius 1 is 0.957 bits per heavy atom. The molecule has 0 aliphatic carbocycles. The van der Waals surface area contributed by atoms with E-state index in [4.69, 9.17) is 14.5 Å². The number of allylic oxidation sites excluding steroid dienone is 1. The third kappa shape index (κ3) is 5.88. The predicted octanol–water partition coefficient (Wildman–Crippen LogP) is 6.66. The maximum atomic E-state index is 14.2. The Balaban J connectivity index is 1.43. The molecule has 1 aliphatic rings. The standard InChI is InChI=1S/C38H37N3O4S/c1-7-44-32-19-15-29(16-20-32)35-34(37(43)45-23(2)3)25(5)39-38-41(35)36(42)33(46-38)22-30-21-24(4)40(26(30)6)31-17-13-28(14-18-31)27-11-9-8-10-12-27/h8-23,35H,7H2,1-6H3/b33-22+/t35-/m1/s1. The van der Waals surface area contributed by atoms with Gasteiger partial charge in [0, 0.05) is 17.1 Å². The normalized spacial score (nSPS) is 14.8. The minimum atomic E-state index is -0.684. The van der Waals surface area contributed by atoms with Crippen LogP contribution in [0.1, 0.15) is 56.3 Å². The third-order valence-electron chi connectivity index (χ3n) is 8.08. The zero-order valence-corrected chi connectivity index (χ0v) is 27.7. The number of esters is 1. The number of nitrogens with zero attached hydrogens (tertiary/aromatic N) is 3. The molecule has 0 bridgehead atoms. The van der Waals surface area contributed by atoms with Gasteiger partial charge < -0.3 is 14.0 Å². The minimum absolute atomic E-state index is 0.206. The number of fused-ring (bicyclic) bond motifs is 1. The molecule has 3 aromatic carbocycles. The number of benzene rings is 3. The fourth-order valence-electron chi connectivity index (χ4n) is 5.99. The lowest BCUT2D eigenvalue weighted by Gasteiger charge is -2.25. The van der Waals surface area contributed by atoms with E-state index in [1.54, 1.807) is 11.5 Å². The predicted molar refractivity (Wildman–Crippen MR) is 183 cm³/mol. The molecular formula is C38H37N3O4S. The molecule has 0 N–H and O–H groups in total. The smallest absolute Gasteiger partial charge is 0.338 e. The van der Waals surface area contributed by atoms with Gasteiger partial charge in [-0.2, -0.15) is 0 Å². The first kappa shape index (κ1) is 31.0. The summed E-state index contributed by atoms with van der Waals surface area (Å²) in [6.07, 6.45) is 1.62. The maximum Gasteiger partial charge on any atom is 0.338 e. The highest BCUT2D eigenvalue weighted by atomic mass is 32.1. The topological polar surface area (TPSA) is 74.8 Å². The monoisotopic (exact) mass is 631 g/mol. The largest absolute Gasteiger partial charge is 0.494 e. The number of hydrogen-bond acceptors (Lipinski definition) is 6. The summed E-state index contributed by atoms with van der Waals surface area (Å²) in [6, 6.07) is 27.7. The summed E-state index contributed by atoms with van der Waals surface area (Å²) in [7, 11) is 0. The van der Waals surface area contributed by atoms with Crippen molar-refractivity contribution in [1.29, 1.82) is 0 Å². The van der Waals surface area contributed by atoms with E-state index in [-0.39, 0.29) is 11.7 Å². The average Bonchev–Trinajstić information content (AvgIpc) is 3.50. The number of hydrogen-bond donors (Lipinski definition) is 0. The van der Waals surface area contributed by atoms with Gasteiger partial charge >= 0.3 is 5.97 Å². The van der Waals surface area contributed by atoms with E-state index in [1.165, 1.54) is 16.9 Å². The van der Waals surface area contributed by atoms with Crippen LogP contribution in [0.5, 0.6) is 5.75 Å². The Labute approximate surface area is 272 Å². The van der Waals surface area contributed by atoms with E-state index in [0.717, 1.165) is 39.5 Å². The second-order valence-electron chi connectivity index (χ2n) is 11.6. The van der Waals surface area contributed by atoms with Crippen LogP contribution in [0.2, 0.25) is 0 Å². The number of ether oxygens (including phenoxy) is 2. The van der Waals surface area contributed by atoms with Gasteiger partial charge in [0.15, 0.2) is 4.80 Å². The molecule has 0 radical (unpaired) electrons. The van der Waals surface area contributed by atoms with E-state index >= 15 is 0 Å². The van der Waals surface area contributed by atoms with Gasteiger partial charge in [-0.15, -0.1) is 0 Å². The van der Waals surface area contributed by atoms with Crippen molar-refractivity contribution in [1.82, 2.24) is 9.13 Å². The van der Waals surface area contributed by atoms with Crippen molar-refractivity contribution in [3.63, 3.8) is 0 Å². The van der Waals surface area contributed by atoms with Crippen LogP contribution >= 0.6 is 11.3 Å². The van der Waals surface area contributed by atoms with Crippen LogP contribution in [-0.4, -0.2) is 27.8 Å². The third-order valence-corrected chi connectivity index (χ3v) is 9.06. The van der Waals surface area contributed by atoms with Crippen LogP contribution in [0.15, 0.2) is 106 Å². The number of aryl methyl sites for hydroxylation is 1. The second kappa shape index (κ2) is 12.8. The Kier molecular flexibility index (Phi) is 8.65. The van der Waals surface area contributed by atoms with Crippen LogP contribution < -0.4 is 19.6 Å². The average molecular weight is 632 g/mol. The first-order valence-electron chi connectivity index (χ1n) is 15.5. The minimum Gasteiger partial charge on any atom is -0.494 e. The van der Waals surface area contributed by atoms with Crippen molar-refractivity contribution in [3.8, 4) is 22.6 Å². The number of aromatic nitrogens is 2. The molecule has 8 heteroatoms. The van der Waals surface area contributed by atoms with Crippen LogP contribution in [0.3, 0.4) is 0 Å². The Hall–Kier alpha value is -4.95. The van der Waals surface area contributed by atoms with Crippen LogP contribution in [0, 0.1) is 13.8 Å². The molecule has 0 saturated heterocycles. The molecular weight excluding hydrogens is 595 g/mol. The molecule has 46 heavy (non-hydrogen) atoms. The van der Waals surface area contributed by atoms with Crippen LogP contribution in [0.25, 0.3) is 22.9 Å². The van der Waals surface area contributed by atoms with Crippen molar-refractivity contribution in [2.45, 2.75) is 53.7 Å². The fourth-order valence-corrected chi connectivity index (χ4v) is 7.03. The van der Waals surface area contributed by atoms with Gasteiger partial charge in [0.25, 0.3) is 5.56 Å². The SMILES string of the molecule is CCOc1ccc([C@@H]2C(C(=O)OC(C)C)=C(C)N=c3s/c(=C/c4cc(C)n(-c5ccc(-c6ccccc6)cc5)c4C)c(=O)n32)cc1. The second-order valence-corrected chi connectivity index (χ2v) is 12.6. The summed E-state index contributed by atoms with van der Waals surface area (Å²) in [4.78, 5) is 32.9. The van der Waals surface area contributed by atoms with Crippen molar-refractivity contribution in [2.24, 2.45) is 4.99 Å². The summed E-state index contributed by atoms with van der Waals surface area (Å²) in [5, 5.41) is 0. The highest BCUT2D eigenvalue weighted by molar-refractivity contribution is 7.07. The number of carbonyl (C=O) groups is 1. The quantitative estimate of drug-likeness (QED) is 0.180. The number of carbonyl (C=O) groups excluding carboxylic acids is 1. The Morgan fingerprint density at radius 2 is 1.63 bits per heavy atom. The lowest BCUT2D eigenvalue weighted by atomic mass is 9.96. The summed E-state index contributed by atoms with van der Waals surface area (Å²) in [5.74, 6) is 0.238. The van der Waals surface area contributed by atoms with E-state index in [0.29, 0.717) is 27.2 Å². The molecule has 7 nitrogen and oxygen atoms in total. The highest BCUT2D eigenvalue weighted by Crippen LogP contribution is 2.32. The molecule has 234 valence electrons. The van der Waals surface area contributed by atoms with Crippen molar-refractivity contribution < 1.29 is 14.3 Å². The molecule has 3 heterocycles. The number of thiazole rings is 1. The molecule has 5 aromatic rings. The molecule has 0 unspecified atom stereocenters. The zero-order chi connectivity index (χ0) is 32.5. The summed E-state index contributed by atoms with van der Waals surface area (Å²) in [5.41, 5.74) is 7.87. The van der Waals surface area contributed by atoms with Crippen molar-refractivity contribution in [2.75, 3.05) is 6.61 Å². The highest BCUT2D eigenvalue weighted by Gasteiger charge is 2.34. The van der Waals surface area contributed by atoms with Gasteiger partial charge in [-0.1, -0.05) is 65.9 Å². The molecule has 1 aliphatic heterocycles. The fraction of sp³-hybridized carbons (Fsp3) is 0.237. The first-order valence-corrected chi connectivity index (χ1v) is 16.3. The molecule has 1 atom stereocenters. The van der Waals surface area contributed by atoms with Crippen molar-refractivity contribution in [3.05, 3.63) is 138 Å². The lowest BCUT2D eigenvalue weighted by Crippen LogP contribution is -2.40. The molecule has 6 rings (SSSR count). The van der Waals surface area contributed by atoms with E-state index < -0.39 is 12.0 Å². The van der Waals surface area contributed by atoms with Gasteiger partial charge in [-0.05, 0) is 100 Å². The molecule has 0 amide bonds.